The van der Waals surface area contributed by atoms with Gasteiger partial charge in [0.1, 0.15) is 5.75 Å². The number of phenolic OH excluding ortho intramolecular Hbond substituents is 1. The van der Waals surface area contributed by atoms with Gasteiger partial charge in [0.25, 0.3) is 0 Å². The molecule has 1 aliphatic heterocycles. The van der Waals surface area contributed by atoms with Gasteiger partial charge in [0.05, 0.1) is 11.7 Å². The molecule has 1 unspecified atom stereocenters. The molecule has 0 radical (unpaired) electrons. The van der Waals surface area contributed by atoms with Crippen LogP contribution in [-0.2, 0) is 14.8 Å². The summed E-state index contributed by atoms with van der Waals surface area (Å²) in [6, 6.07) is 6.33. The van der Waals surface area contributed by atoms with Crippen LogP contribution in [0.5, 0.6) is 5.75 Å². The number of piperidine rings is 1. The highest BCUT2D eigenvalue weighted by atomic mass is 32.2. The summed E-state index contributed by atoms with van der Waals surface area (Å²) < 4.78 is 26.0. The summed E-state index contributed by atoms with van der Waals surface area (Å²) >= 11 is 0. The van der Waals surface area contributed by atoms with Gasteiger partial charge in [0.15, 0.2) is 0 Å². The molecule has 0 saturated carbocycles. The summed E-state index contributed by atoms with van der Waals surface area (Å²) in [5.41, 5.74) is 0.515. The van der Waals surface area contributed by atoms with E-state index in [1.807, 2.05) is 6.92 Å². The van der Waals surface area contributed by atoms with Crippen LogP contribution >= 0.6 is 0 Å². The van der Waals surface area contributed by atoms with Crippen LogP contribution < -0.4 is 5.32 Å². The van der Waals surface area contributed by atoms with Crippen LogP contribution in [0.2, 0.25) is 0 Å². The van der Waals surface area contributed by atoms with Gasteiger partial charge in [-0.15, -0.1) is 0 Å². The fraction of sp³-hybridized carbons (Fsp3) is 0.562. The van der Waals surface area contributed by atoms with E-state index in [-0.39, 0.29) is 29.9 Å². The van der Waals surface area contributed by atoms with Crippen molar-refractivity contribution in [3.63, 3.8) is 0 Å². The number of aromatic hydroxyl groups is 1. The highest BCUT2D eigenvalue weighted by Gasteiger charge is 2.31. The van der Waals surface area contributed by atoms with E-state index in [4.69, 9.17) is 0 Å². The van der Waals surface area contributed by atoms with Crippen molar-refractivity contribution in [2.75, 3.05) is 24.2 Å². The zero-order valence-corrected chi connectivity index (χ0v) is 14.2. The molecule has 1 atom stereocenters. The number of benzene rings is 1. The maximum atomic E-state index is 12.4. The lowest BCUT2D eigenvalue weighted by atomic mass is 9.98. The van der Waals surface area contributed by atoms with Crippen molar-refractivity contribution >= 4 is 21.6 Å². The van der Waals surface area contributed by atoms with Gasteiger partial charge in [0.2, 0.25) is 15.9 Å². The highest BCUT2D eigenvalue weighted by Crippen LogP contribution is 2.22. The third-order valence-electron chi connectivity index (χ3n) is 4.02. The number of amides is 1. The molecule has 1 aliphatic rings. The van der Waals surface area contributed by atoms with Crippen molar-refractivity contribution in [3.05, 3.63) is 24.3 Å². The maximum absolute atomic E-state index is 12.4. The SMILES string of the molecule is CCCCS(=O)(=O)N1CCCC(C(=O)Nc2cccc(O)c2)C1. The van der Waals surface area contributed by atoms with Crippen LogP contribution in [0.3, 0.4) is 0 Å². The first-order chi connectivity index (χ1) is 10.9. The van der Waals surface area contributed by atoms with E-state index in [0.29, 0.717) is 31.5 Å². The first-order valence-corrected chi connectivity index (χ1v) is 9.61. The lowest BCUT2D eigenvalue weighted by Crippen LogP contribution is -2.44. The lowest BCUT2D eigenvalue weighted by Gasteiger charge is -2.31. The van der Waals surface area contributed by atoms with E-state index in [1.165, 1.54) is 16.4 Å². The van der Waals surface area contributed by atoms with Gasteiger partial charge in [-0.25, -0.2) is 12.7 Å². The van der Waals surface area contributed by atoms with Crippen LogP contribution in [0.4, 0.5) is 5.69 Å². The second-order valence-corrected chi connectivity index (χ2v) is 7.99. The first kappa shape index (κ1) is 17.7. The Kier molecular flexibility index (Phi) is 6.01. The number of hydrogen-bond acceptors (Lipinski definition) is 4. The number of carbonyl (C=O) groups is 1. The minimum absolute atomic E-state index is 0.0789. The van der Waals surface area contributed by atoms with Crippen molar-refractivity contribution < 1.29 is 18.3 Å². The number of rotatable bonds is 6. The smallest absolute Gasteiger partial charge is 0.228 e. The van der Waals surface area contributed by atoms with Crippen LogP contribution in [0.25, 0.3) is 0 Å². The second kappa shape index (κ2) is 7.79. The van der Waals surface area contributed by atoms with E-state index in [9.17, 15) is 18.3 Å². The zero-order chi connectivity index (χ0) is 16.9. The van der Waals surface area contributed by atoms with Crippen molar-refractivity contribution in [3.8, 4) is 5.75 Å². The highest BCUT2D eigenvalue weighted by molar-refractivity contribution is 7.89. The van der Waals surface area contributed by atoms with Crippen molar-refractivity contribution in [1.29, 1.82) is 0 Å². The summed E-state index contributed by atoms with van der Waals surface area (Å²) in [6.07, 6.45) is 2.82. The zero-order valence-electron chi connectivity index (χ0n) is 13.4. The summed E-state index contributed by atoms with van der Waals surface area (Å²) in [4.78, 5) is 12.4. The molecular formula is C16H24N2O4S. The Morgan fingerprint density at radius 3 is 2.91 bits per heavy atom. The lowest BCUT2D eigenvalue weighted by molar-refractivity contribution is -0.120. The fourth-order valence-corrected chi connectivity index (χ4v) is 4.42. The van der Waals surface area contributed by atoms with Crippen molar-refractivity contribution in [1.82, 2.24) is 4.31 Å². The molecule has 1 aromatic carbocycles. The minimum Gasteiger partial charge on any atom is -0.508 e. The second-order valence-electron chi connectivity index (χ2n) is 5.91. The molecular weight excluding hydrogens is 316 g/mol. The third-order valence-corrected chi connectivity index (χ3v) is 5.94. The predicted octanol–water partition coefficient (Wildman–Crippen LogP) is 2.17. The Bertz CT molecular complexity index is 645. The number of unbranched alkanes of at least 4 members (excludes halogenated alkanes) is 1. The Morgan fingerprint density at radius 1 is 1.43 bits per heavy atom. The van der Waals surface area contributed by atoms with Gasteiger partial charge in [-0.1, -0.05) is 19.4 Å². The van der Waals surface area contributed by atoms with Gasteiger partial charge < -0.3 is 10.4 Å². The molecule has 1 fully saturated rings. The molecule has 2 N–H and O–H groups in total. The number of carbonyl (C=O) groups excluding carboxylic acids is 1. The average Bonchev–Trinajstić information content (AvgIpc) is 2.53. The molecule has 0 spiro atoms. The Hall–Kier alpha value is -1.60. The average molecular weight is 340 g/mol. The number of hydrogen-bond donors (Lipinski definition) is 2. The van der Waals surface area contributed by atoms with Crippen molar-refractivity contribution in [2.45, 2.75) is 32.6 Å². The summed E-state index contributed by atoms with van der Waals surface area (Å²) in [5.74, 6) is -0.339. The molecule has 1 heterocycles. The van der Waals surface area contributed by atoms with E-state index in [2.05, 4.69) is 5.32 Å². The monoisotopic (exact) mass is 340 g/mol. The van der Waals surface area contributed by atoms with Crippen LogP contribution in [-0.4, -0.2) is 42.6 Å². The molecule has 0 aliphatic carbocycles. The van der Waals surface area contributed by atoms with E-state index in [0.717, 1.165) is 6.42 Å². The maximum Gasteiger partial charge on any atom is 0.228 e. The third kappa shape index (κ3) is 4.94. The molecule has 1 aromatic rings. The van der Waals surface area contributed by atoms with Gasteiger partial charge >= 0.3 is 0 Å². The molecule has 23 heavy (non-hydrogen) atoms. The van der Waals surface area contributed by atoms with Crippen LogP contribution in [0.15, 0.2) is 24.3 Å². The van der Waals surface area contributed by atoms with Crippen LogP contribution in [0.1, 0.15) is 32.6 Å². The summed E-state index contributed by atoms with van der Waals surface area (Å²) in [7, 11) is -3.28. The van der Waals surface area contributed by atoms with Gasteiger partial charge in [-0.3, -0.25) is 4.79 Å². The molecule has 2 rings (SSSR count). The fourth-order valence-electron chi connectivity index (χ4n) is 2.69. The van der Waals surface area contributed by atoms with Crippen molar-refractivity contribution in [2.24, 2.45) is 5.92 Å². The molecule has 7 heteroatoms. The quantitative estimate of drug-likeness (QED) is 0.831. The van der Waals surface area contributed by atoms with E-state index in [1.54, 1.807) is 12.1 Å². The number of nitrogens with one attached hydrogen (secondary N) is 1. The first-order valence-electron chi connectivity index (χ1n) is 8.00. The van der Waals surface area contributed by atoms with Gasteiger partial charge in [-0.2, -0.15) is 0 Å². The topological polar surface area (TPSA) is 86.7 Å². The largest absolute Gasteiger partial charge is 0.508 e. The predicted molar refractivity (Wildman–Crippen MR) is 89.7 cm³/mol. The number of nitrogens with zero attached hydrogens (tertiary/aromatic N) is 1. The summed E-state index contributed by atoms with van der Waals surface area (Å²) in [6.45, 7) is 2.68. The number of anilines is 1. The molecule has 1 saturated heterocycles. The molecule has 0 aromatic heterocycles. The standard InChI is InChI=1S/C16H24N2O4S/c1-2-3-10-23(21,22)18-9-5-6-13(12-18)16(20)17-14-7-4-8-15(19)11-14/h4,7-8,11,13,19H,2-3,5-6,9-10,12H2,1H3,(H,17,20). The Morgan fingerprint density at radius 2 is 2.22 bits per heavy atom. The van der Waals surface area contributed by atoms with E-state index >= 15 is 0 Å². The molecule has 0 bridgehead atoms. The molecule has 128 valence electrons. The van der Waals surface area contributed by atoms with Gasteiger partial charge in [0, 0.05) is 24.8 Å². The minimum atomic E-state index is -3.28. The summed E-state index contributed by atoms with van der Waals surface area (Å²) in [5, 5.41) is 12.2. The van der Waals surface area contributed by atoms with E-state index < -0.39 is 10.0 Å². The number of sulfonamides is 1. The molecule has 1 amide bonds. The Labute approximate surface area is 137 Å². The van der Waals surface area contributed by atoms with Gasteiger partial charge in [-0.05, 0) is 31.4 Å². The Balaban J connectivity index is 1.99. The normalized spacial score (nSPS) is 19.4. The molecule has 6 nitrogen and oxygen atoms in total. The number of phenols is 1. The van der Waals surface area contributed by atoms with Crippen LogP contribution in [0, 0.1) is 5.92 Å².